The summed E-state index contributed by atoms with van der Waals surface area (Å²) < 4.78 is 5.39. The molecule has 0 aliphatic carbocycles. The zero-order valence-electron chi connectivity index (χ0n) is 30.4. The Labute approximate surface area is 277 Å². The van der Waals surface area contributed by atoms with Crippen LogP contribution in [0.2, 0.25) is 0 Å². The summed E-state index contributed by atoms with van der Waals surface area (Å²) in [7, 11) is 0. The van der Waals surface area contributed by atoms with E-state index < -0.39 is 0 Å². The molecule has 0 saturated carbocycles. The van der Waals surface area contributed by atoms with Crippen LogP contribution in [0.4, 0.5) is 0 Å². The van der Waals surface area contributed by atoms with Crippen LogP contribution in [0.5, 0.6) is 0 Å². The SMILES string of the molecule is CCCCCCCCCCCCCCCCCCC/C=C1/OC(=O)C1CCCCCCCCCCCCCCCCCCC. The van der Waals surface area contributed by atoms with Gasteiger partial charge < -0.3 is 4.74 Å². The molecule has 1 saturated heterocycles. The van der Waals surface area contributed by atoms with E-state index in [4.69, 9.17) is 4.74 Å². The van der Waals surface area contributed by atoms with Crippen molar-refractivity contribution >= 4 is 5.97 Å². The smallest absolute Gasteiger partial charge is 0.321 e. The van der Waals surface area contributed by atoms with Crippen LogP contribution in [0.3, 0.4) is 0 Å². The minimum absolute atomic E-state index is 0.0233. The van der Waals surface area contributed by atoms with Crippen LogP contribution in [0.25, 0.3) is 0 Å². The number of carbonyl (C=O) groups is 1. The number of rotatable bonds is 36. The van der Waals surface area contributed by atoms with Gasteiger partial charge in [-0.05, 0) is 25.3 Å². The highest BCUT2D eigenvalue weighted by Gasteiger charge is 2.36. The molecule has 0 amide bonds. The van der Waals surface area contributed by atoms with E-state index in [0.717, 1.165) is 18.6 Å². The van der Waals surface area contributed by atoms with Gasteiger partial charge >= 0.3 is 5.97 Å². The molecule has 44 heavy (non-hydrogen) atoms. The maximum atomic E-state index is 12.0. The van der Waals surface area contributed by atoms with Crippen molar-refractivity contribution in [2.75, 3.05) is 0 Å². The van der Waals surface area contributed by atoms with E-state index in [-0.39, 0.29) is 11.9 Å². The van der Waals surface area contributed by atoms with Gasteiger partial charge in [-0.15, -0.1) is 0 Å². The van der Waals surface area contributed by atoms with Crippen molar-refractivity contribution in [3.8, 4) is 0 Å². The van der Waals surface area contributed by atoms with Crippen LogP contribution in [0, 0.1) is 5.92 Å². The van der Waals surface area contributed by atoms with E-state index >= 15 is 0 Å². The third kappa shape index (κ3) is 26.4. The fourth-order valence-corrected chi connectivity index (χ4v) is 6.95. The van der Waals surface area contributed by atoms with Gasteiger partial charge in [0.05, 0.1) is 0 Å². The second kappa shape index (κ2) is 33.6. The zero-order valence-corrected chi connectivity index (χ0v) is 30.4. The summed E-state index contributed by atoms with van der Waals surface area (Å²) in [6.45, 7) is 4.59. The van der Waals surface area contributed by atoms with E-state index in [2.05, 4.69) is 19.9 Å². The average Bonchev–Trinajstić information content (AvgIpc) is 3.03. The molecule has 0 aromatic rings. The molecule has 2 heteroatoms. The molecule has 0 bridgehead atoms. The Hall–Kier alpha value is -0.790. The van der Waals surface area contributed by atoms with Gasteiger partial charge in [0.25, 0.3) is 0 Å². The molecule has 1 unspecified atom stereocenters. The van der Waals surface area contributed by atoms with Crippen molar-refractivity contribution in [1.82, 2.24) is 0 Å². The largest absolute Gasteiger partial charge is 0.430 e. The molecule has 1 heterocycles. The quantitative estimate of drug-likeness (QED) is 0.0517. The van der Waals surface area contributed by atoms with Crippen molar-refractivity contribution in [3.05, 3.63) is 11.8 Å². The minimum Gasteiger partial charge on any atom is -0.430 e. The molecule has 0 aromatic heterocycles. The fraction of sp³-hybridized carbons (Fsp3) is 0.929. The normalized spacial score (nSPS) is 15.6. The van der Waals surface area contributed by atoms with Gasteiger partial charge in [0.15, 0.2) is 0 Å². The predicted molar refractivity (Wildman–Crippen MR) is 195 cm³/mol. The van der Waals surface area contributed by atoms with Gasteiger partial charge in [-0.1, -0.05) is 226 Å². The molecule has 1 rings (SSSR count). The van der Waals surface area contributed by atoms with Crippen LogP contribution in [0.15, 0.2) is 11.8 Å². The molecule has 1 fully saturated rings. The Bertz CT molecular complexity index is 623. The van der Waals surface area contributed by atoms with Crippen molar-refractivity contribution in [2.45, 2.75) is 245 Å². The highest BCUT2D eigenvalue weighted by atomic mass is 16.6. The van der Waals surface area contributed by atoms with E-state index in [1.807, 2.05) is 0 Å². The number of hydrogen-bond donors (Lipinski definition) is 0. The number of hydrogen-bond acceptors (Lipinski definition) is 2. The number of allylic oxidation sites excluding steroid dienone is 1. The summed E-state index contributed by atoms with van der Waals surface area (Å²) in [5, 5.41) is 0. The van der Waals surface area contributed by atoms with Crippen LogP contribution in [0.1, 0.15) is 245 Å². The summed E-state index contributed by atoms with van der Waals surface area (Å²) in [4.78, 5) is 12.0. The van der Waals surface area contributed by atoms with Crippen molar-refractivity contribution in [2.24, 2.45) is 5.92 Å². The molecule has 1 aliphatic heterocycles. The lowest BCUT2D eigenvalue weighted by atomic mass is 9.93. The number of ether oxygens (including phenoxy) is 1. The van der Waals surface area contributed by atoms with Crippen LogP contribution >= 0.6 is 0 Å². The van der Waals surface area contributed by atoms with Crippen LogP contribution in [-0.2, 0) is 9.53 Å². The van der Waals surface area contributed by atoms with Crippen LogP contribution in [-0.4, -0.2) is 5.97 Å². The summed E-state index contributed by atoms with van der Waals surface area (Å²) in [5.41, 5.74) is 0. The number of cyclic esters (lactones) is 1. The highest BCUT2D eigenvalue weighted by Crippen LogP contribution is 2.32. The molecule has 0 spiro atoms. The Balaban J connectivity index is 1.81. The second-order valence-corrected chi connectivity index (χ2v) is 14.5. The van der Waals surface area contributed by atoms with E-state index in [0.29, 0.717) is 0 Å². The van der Waals surface area contributed by atoms with E-state index in [1.54, 1.807) is 0 Å². The third-order valence-corrected chi connectivity index (χ3v) is 10.1. The van der Waals surface area contributed by atoms with E-state index in [1.165, 1.54) is 218 Å². The van der Waals surface area contributed by atoms with Crippen molar-refractivity contribution < 1.29 is 9.53 Å². The maximum absolute atomic E-state index is 12.0. The molecule has 0 N–H and O–H groups in total. The molecule has 0 radical (unpaired) electrons. The first-order valence-corrected chi connectivity index (χ1v) is 20.7. The van der Waals surface area contributed by atoms with Crippen molar-refractivity contribution in [1.29, 1.82) is 0 Å². The summed E-state index contributed by atoms with van der Waals surface area (Å²) in [5.74, 6) is 1.09. The number of carbonyl (C=O) groups excluding carboxylic acids is 1. The first-order valence-electron chi connectivity index (χ1n) is 20.7. The lowest BCUT2D eigenvalue weighted by Gasteiger charge is -2.28. The van der Waals surface area contributed by atoms with Crippen molar-refractivity contribution in [3.63, 3.8) is 0 Å². The van der Waals surface area contributed by atoms with Crippen LogP contribution < -0.4 is 0 Å². The van der Waals surface area contributed by atoms with Gasteiger partial charge in [0, 0.05) is 0 Å². The molecular formula is C42H80O2. The van der Waals surface area contributed by atoms with Gasteiger partial charge in [-0.25, -0.2) is 0 Å². The first kappa shape index (κ1) is 41.2. The topological polar surface area (TPSA) is 26.3 Å². The monoisotopic (exact) mass is 617 g/mol. The van der Waals surface area contributed by atoms with Gasteiger partial charge in [-0.2, -0.15) is 0 Å². The molecule has 2 nitrogen and oxygen atoms in total. The Morgan fingerprint density at radius 2 is 0.682 bits per heavy atom. The van der Waals surface area contributed by atoms with Gasteiger partial charge in [-0.3, -0.25) is 4.79 Å². The minimum atomic E-state index is 0.0233. The molecular weight excluding hydrogens is 536 g/mol. The molecule has 1 aliphatic rings. The predicted octanol–water partition coefficient (Wildman–Crippen LogP) is 15.1. The number of unbranched alkanes of at least 4 members (excludes halogenated alkanes) is 33. The second-order valence-electron chi connectivity index (χ2n) is 14.5. The van der Waals surface area contributed by atoms with Gasteiger partial charge in [0.2, 0.25) is 0 Å². The lowest BCUT2D eigenvalue weighted by Crippen LogP contribution is -2.32. The lowest BCUT2D eigenvalue weighted by molar-refractivity contribution is -0.157. The first-order chi connectivity index (χ1) is 21.8. The summed E-state index contributed by atoms with van der Waals surface area (Å²) >= 11 is 0. The highest BCUT2D eigenvalue weighted by molar-refractivity contribution is 5.82. The standard InChI is InChI=1S/C42H80O2/c1-3-5-7-9-11-13-15-17-19-21-23-25-27-29-31-33-35-37-39-41-40(42(43)44-41)38-36-34-32-30-28-26-24-22-20-18-16-14-12-10-8-6-4-2/h39-40H,3-38H2,1-2H3/b41-39+. The third-order valence-electron chi connectivity index (χ3n) is 10.1. The summed E-state index contributed by atoms with van der Waals surface area (Å²) in [6.07, 6.45) is 52.1. The zero-order chi connectivity index (χ0) is 31.6. The van der Waals surface area contributed by atoms with Gasteiger partial charge in [0.1, 0.15) is 11.7 Å². The maximum Gasteiger partial charge on any atom is 0.321 e. The molecule has 0 aromatic carbocycles. The molecule has 260 valence electrons. The summed E-state index contributed by atoms with van der Waals surface area (Å²) in [6, 6.07) is 0. The molecule has 1 atom stereocenters. The average molecular weight is 617 g/mol. The Morgan fingerprint density at radius 3 is 0.977 bits per heavy atom. The fourth-order valence-electron chi connectivity index (χ4n) is 6.95. The Kier molecular flexibility index (Phi) is 31.5. The Morgan fingerprint density at radius 1 is 0.409 bits per heavy atom. The van der Waals surface area contributed by atoms with E-state index in [9.17, 15) is 4.79 Å². The number of esters is 1.